The summed E-state index contributed by atoms with van der Waals surface area (Å²) >= 11 is 0. The van der Waals surface area contributed by atoms with Gasteiger partial charge in [0.25, 0.3) is 0 Å². The molecule has 0 bridgehead atoms. The maximum Gasteiger partial charge on any atom is 0.0109 e. The summed E-state index contributed by atoms with van der Waals surface area (Å²) in [5.74, 6) is 0. The first kappa shape index (κ1) is 16.9. The number of rotatable bonds is 8. The molecule has 1 aliphatic heterocycles. The lowest BCUT2D eigenvalue weighted by Crippen LogP contribution is -2.37. The number of likely N-dealkylation sites (N-methyl/N-ethyl adjacent to an activating group) is 1. The van der Waals surface area contributed by atoms with E-state index in [-0.39, 0.29) is 0 Å². The molecule has 1 aliphatic rings. The van der Waals surface area contributed by atoms with Gasteiger partial charge in [0.05, 0.1) is 0 Å². The van der Waals surface area contributed by atoms with Gasteiger partial charge < -0.3 is 15.1 Å². The molecule has 0 aromatic rings. The fourth-order valence-electron chi connectivity index (χ4n) is 2.89. The summed E-state index contributed by atoms with van der Waals surface area (Å²) < 4.78 is 0. The van der Waals surface area contributed by atoms with Crippen LogP contribution in [-0.2, 0) is 0 Å². The molecule has 114 valence electrons. The molecule has 19 heavy (non-hydrogen) atoms. The third-order valence-corrected chi connectivity index (χ3v) is 4.51. The summed E-state index contributed by atoms with van der Waals surface area (Å²) in [6.07, 6.45) is 9.64. The van der Waals surface area contributed by atoms with Gasteiger partial charge in [-0.3, -0.25) is 0 Å². The molecule has 1 heterocycles. The fourth-order valence-corrected chi connectivity index (χ4v) is 2.89. The largest absolute Gasteiger partial charge is 0.317 e. The Labute approximate surface area is 120 Å². The quantitative estimate of drug-likeness (QED) is 0.730. The average Bonchev–Trinajstić information content (AvgIpc) is 2.38. The number of nitrogens with zero attached hydrogens (tertiary/aromatic N) is 2. The maximum absolute atomic E-state index is 3.39. The van der Waals surface area contributed by atoms with E-state index in [1.165, 1.54) is 77.7 Å². The minimum Gasteiger partial charge on any atom is -0.317 e. The maximum atomic E-state index is 3.39. The Kier molecular flexibility index (Phi) is 9.48. The predicted octanol–water partition coefficient (Wildman–Crippen LogP) is 2.57. The Balaban J connectivity index is 2.12. The Hall–Kier alpha value is -0.120. The van der Waals surface area contributed by atoms with Crippen LogP contribution in [0.15, 0.2) is 0 Å². The Morgan fingerprint density at radius 1 is 1.05 bits per heavy atom. The zero-order chi connectivity index (χ0) is 13.9. The van der Waals surface area contributed by atoms with Crippen LogP contribution in [0.4, 0.5) is 0 Å². The van der Waals surface area contributed by atoms with E-state index >= 15 is 0 Å². The van der Waals surface area contributed by atoms with E-state index in [4.69, 9.17) is 0 Å². The molecule has 0 saturated carbocycles. The SMILES string of the molecule is CCC(CCN(C)CCN1CCCCCCC1)NC. The summed E-state index contributed by atoms with van der Waals surface area (Å²) in [5, 5.41) is 3.39. The van der Waals surface area contributed by atoms with Crippen molar-refractivity contribution in [2.45, 2.75) is 57.9 Å². The topological polar surface area (TPSA) is 18.5 Å². The molecule has 1 saturated heterocycles. The molecular weight excluding hydrogens is 234 g/mol. The van der Waals surface area contributed by atoms with Gasteiger partial charge in [-0.15, -0.1) is 0 Å². The van der Waals surface area contributed by atoms with Gasteiger partial charge in [-0.25, -0.2) is 0 Å². The second-order valence-electron chi connectivity index (χ2n) is 6.10. The summed E-state index contributed by atoms with van der Waals surface area (Å²) in [7, 11) is 4.35. The lowest BCUT2D eigenvalue weighted by atomic mass is 10.1. The first-order valence-electron chi connectivity index (χ1n) is 8.34. The van der Waals surface area contributed by atoms with Gasteiger partial charge in [0.1, 0.15) is 0 Å². The van der Waals surface area contributed by atoms with Crippen LogP contribution in [0.2, 0.25) is 0 Å². The number of likely N-dealkylation sites (tertiary alicyclic amines) is 1. The second-order valence-corrected chi connectivity index (χ2v) is 6.10. The van der Waals surface area contributed by atoms with E-state index in [0.29, 0.717) is 6.04 Å². The van der Waals surface area contributed by atoms with Crippen molar-refractivity contribution in [2.75, 3.05) is 46.8 Å². The van der Waals surface area contributed by atoms with Gasteiger partial charge in [0.15, 0.2) is 0 Å². The van der Waals surface area contributed by atoms with Crippen molar-refractivity contribution in [2.24, 2.45) is 0 Å². The van der Waals surface area contributed by atoms with Crippen LogP contribution in [-0.4, -0.2) is 62.7 Å². The number of hydrogen-bond donors (Lipinski definition) is 1. The first-order valence-corrected chi connectivity index (χ1v) is 8.34. The number of nitrogens with one attached hydrogen (secondary N) is 1. The van der Waals surface area contributed by atoms with Gasteiger partial charge in [-0.1, -0.05) is 26.2 Å². The third kappa shape index (κ3) is 7.91. The molecule has 1 N–H and O–H groups in total. The molecule has 0 spiro atoms. The van der Waals surface area contributed by atoms with Crippen molar-refractivity contribution >= 4 is 0 Å². The van der Waals surface area contributed by atoms with Crippen molar-refractivity contribution in [1.82, 2.24) is 15.1 Å². The zero-order valence-corrected chi connectivity index (χ0v) is 13.5. The molecule has 0 amide bonds. The molecular formula is C16H35N3. The highest BCUT2D eigenvalue weighted by Gasteiger charge is 2.10. The van der Waals surface area contributed by atoms with Crippen LogP contribution in [0.5, 0.6) is 0 Å². The average molecular weight is 269 g/mol. The van der Waals surface area contributed by atoms with Crippen LogP contribution in [0.1, 0.15) is 51.9 Å². The minimum absolute atomic E-state index is 0.684. The van der Waals surface area contributed by atoms with E-state index < -0.39 is 0 Å². The highest BCUT2D eigenvalue weighted by atomic mass is 15.2. The van der Waals surface area contributed by atoms with Crippen molar-refractivity contribution in [3.05, 3.63) is 0 Å². The normalized spacial score (nSPS) is 20.2. The molecule has 1 unspecified atom stereocenters. The fraction of sp³-hybridized carbons (Fsp3) is 1.00. The second kappa shape index (κ2) is 10.6. The van der Waals surface area contributed by atoms with Gasteiger partial charge in [0.2, 0.25) is 0 Å². The van der Waals surface area contributed by atoms with Gasteiger partial charge in [0, 0.05) is 19.1 Å². The lowest BCUT2D eigenvalue weighted by Gasteiger charge is -2.27. The van der Waals surface area contributed by atoms with Crippen molar-refractivity contribution < 1.29 is 0 Å². The van der Waals surface area contributed by atoms with Gasteiger partial charge >= 0.3 is 0 Å². The van der Waals surface area contributed by atoms with Crippen molar-refractivity contribution in [3.63, 3.8) is 0 Å². The highest BCUT2D eigenvalue weighted by Crippen LogP contribution is 2.10. The molecule has 0 aromatic heterocycles. The van der Waals surface area contributed by atoms with E-state index in [1.807, 2.05) is 0 Å². The van der Waals surface area contributed by atoms with Gasteiger partial charge in [-0.2, -0.15) is 0 Å². The summed E-state index contributed by atoms with van der Waals surface area (Å²) in [6, 6.07) is 0.684. The summed E-state index contributed by atoms with van der Waals surface area (Å²) in [4.78, 5) is 5.17. The van der Waals surface area contributed by atoms with E-state index in [0.717, 1.165) is 0 Å². The smallest absolute Gasteiger partial charge is 0.0109 e. The van der Waals surface area contributed by atoms with E-state index in [2.05, 4.69) is 36.1 Å². The zero-order valence-electron chi connectivity index (χ0n) is 13.5. The summed E-state index contributed by atoms with van der Waals surface area (Å²) in [5.41, 5.74) is 0. The number of hydrogen-bond acceptors (Lipinski definition) is 3. The summed E-state index contributed by atoms with van der Waals surface area (Å²) in [6.45, 7) is 8.60. The minimum atomic E-state index is 0.684. The molecule has 0 aliphatic carbocycles. The van der Waals surface area contributed by atoms with E-state index in [1.54, 1.807) is 0 Å². The Morgan fingerprint density at radius 3 is 2.26 bits per heavy atom. The lowest BCUT2D eigenvalue weighted by molar-refractivity contribution is 0.206. The molecule has 1 fully saturated rings. The first-order chi connectivity index (χ1) is 9.26. The van der Waals surface area contributed by atoms with Crippen LogP contribution in [0, 0.1) is 0 Å². The van der Waals surface area contributed by atoms with Crippen molar-refractivity contribution in [1.29, 1.82) is 0 Å². The van der Waals surface area contributed by atoms with Gasteiger partial charge in [-0.05, 0) is 59.4 Å². The monoisotopic (exact) mass is 269 g/mol. The van der Waals surface area contributed by atoms with E-state index in [9.17, 15) is 0 Å². The molecule has 1 rings (SSSR count). The van der Waals surface area contributed by atoms with Crippen LogP contribution in [0.3, 0.4) is 0 Å². The van der Waals surface area contributed by atoms with Crippen molar-refractivity contribution in [3.8, 4) is 0 Å². The van der Waals surface area contributed by atoms with Crippen LogP contribution in [0.25, 0.3) is 0 Å². The molecule has 0 radical (unpaired) electrons. The van der Waals surface area contributed by atoms with Crippen LogP contribution < -0.4 is 5.32 Å². The molecule has 1 atom stereocenters. The molecule has 3 heteroatoms. The predicted molar refractivity (Wildman–Crippen MR) is 84.8 cm³/mol. The third-order valence-electron chi connectivity index (χ3n) is 4.51. The Morgan fingerprint density at radius 2 is 1.68 bits per heavy atom. The molecule has 3 nitrogen and oxygen atoms in total. The van der Waals surface area contributed by atoms with Crippen LogP contribution >= 0.6 is 0 Å². The molecule has 0 aromatic carbocycles. The standard InChI is InChI=1S/C16H35N3/c1-4-16(17-2)10-13-18(3)14-15-19-11-8-6-5-7-9-12-19/h16-17H,4-15H2,1-3H3. The Bertz CT molecular complexity index is 196. The highest BCUT2D eigenvalue weighted by molar-refractivity contribution is 4.67.